The molecule has 1 aliphatic carbocycles. The lowest BCUT2D eigenvalue weighted by Crippen LogP contribution is -2.55. The number of hydrogen-bond donors (Lipinski definition) is 1. The fourth-order valence-corrected chi connectivity index (χ4v) is 4.81. The molecule has 1 N–H and O–H groups in total. The second kappa shape index (κ2) is 7.08. The normalized spacial score (nSPS) is 33.5. The Morgan fingerprint density at radius 2 is 2.00 bits per heavy atom. The van der Waals surface area contributed by atoms with Gasteiger partial charge in [-0.25, -0.2) is 4.79 Å². The molecular weight excluding hydrogens is 317 g/mol. The molecule has 2 aliphatic heterocycles. The minimum Gasteiger partial charge on any atom is -0.427 e. The molecule has 2 heterocycles. The van der Waals surface area contributed by atoms with Gasteiger partial charge in [-0.3, -0.25) is 0 Å². The quantitative estimate of drug-likeness (QED) is 0.611. The van der Waals surface area contributed by atoms with Crippen molar-refractivity contribution in [2.24, 2.45) is 5.41 Å². The molecular formula is C18H32BN3O3. The van der Waals surface area contributed by atoms with E-state index in [4.69, 9.17) is 12.6 Å². The molecule has 3 rings (SSSR count). The zero-order valence-electron chi connectivity index (χ0n) is 15.9. The van der Waals surface area contributed by atoms with Crippen molar-refractivity contribution >= 4 is 13.9 Å². The summed E-state index contributed by atoms with van der Waals surface area (Å²) in [4.78, 5) is 18.9. The summed E-state index contributed by atoms with van der Waals surface area (Å²) in [6.07, 6.45) is 5.39. The molecule has 0 aromatic rings. The van der Waals surface area contributed by atoms with Crippen LogP contribution in [0.25, 0.3) is 0 Å². The first-order chi connectivity index (χ1) is 11.7. The molecule has 1 saturated carbocycles. The van der Waals surface area contributed by atoms with Gasteiger partial charge >= 0.3 is 6.09 Å². The molecule has 1 unspecified atom stereocenters. The summed E-state index contributed by atoms with van der Waals surface area (Å²) in [5.41, 5.74) is -1.65. The maximum Gasteiger partial charge on any atom is 0.411 e. The third kappa shape index (κ3) is 4.31. The number of carbonyl (C=O) groups excluding carboxylic acids is 1. The fraction of sp³-hybridized carbons (Fsp3) is 0.944. The van der Waals surface area contributed by atoms with Gasteiger partial charge in [0.1, 0.15) is 0 Å². The Kier molecular flexibility index (Phi) is 5.38. The van der Waals surface area contributed by atoms with E-state index in [9.17, 15) is 9.90 Å². The third-order valence-electron chi connectivity index (χ3n) is 6.47. The Bertz CT molecular complexity index is 482. The van der Waals surface area contributed by atoms with Crippen molar-refractivity contribution in [2.45, 2.75) is 63.7 Å². The van der Waals surface area contributed by atoms with E-state index in [0.29, 0.717) is 12.6 Å². The monoisotopic (exact) mass is 349 g/mol. The van der Waals surface area contributed by atoms with Crippen LogP contribution in [0, 0.1) is 5.41 Å². The molecule has 0 aromatic heterocycles. The SMILES string of the molecule is [B]C(C)(O)OC(=O)N1CCC2(CC(N3CCC(N(C)CC)CC3)C2)C1. The standard InChI is InChI=1S/C18H32BN3O3/c1-4-20(3)14-5-8-21(9-6-14)15-11-18(12-15)7-10-22(13-18)16(23)25-17(2,19)24/h14-15,24H,4-13H2,1-3H3. The number of rotatable bonds is 4. The second-order valence-corrected chi connectivity index (χ2v) is 8.50. The van der Waals surface area contributed by atoms with Crippen LogP contribution < -0.4 is 0 Å². The molecule has 1 spiro atoms. The number of amides is 1. The average Bonchev–Trinajstić information content (AvgIpc) is 2.97. The predicted octanol–water partition coefficient (Wildman–Crippen LogP) is 1.23. The van der Waals surface area contributed by atoms with Crippen molar-refractivity contribution in [2.75, 3.05) is 39.8 Å². The molecule has 1 atom stereocenters. The molecule has 0 bridgehead atoms. The van der Waals surface area contributed by atoms with Gasteiger partial charge in [-0.15, -0.1) is 0 Å². The van der Waals surface area contributed by atoms with Crippen LogP contribution in [0.15, 0.2) is 0 Å². The minimum atomic E-state index is -1.90. The van der Waals surface area contributed by atoms with Gasteiger partial charge in [0, 0.05) is 25.2 Å². The summed E-state index contributed by atoms with van der Waals surface area (Å²) in [6.45, 7) is 8.44. The van der Waals surface area contributed by atoms with E-state index in [1.165, 1.54) is 45.7 Å². The van der Waals surface area contributed by atoms with Crippen molar-refractivity contribution < 1.29 is 14.6 Å². The van der Waals surface area contributed by atoms with Gasteiger partial charge in [0.05, 0.1) is 0 Å². The summed E-state index contributed by atoms with van der Waals surface area (Å²) in [6, 6.07) is 1.40. The van der Waals surface area contributed by atoms with Crippen LogP contribution in [0.5, 0.6) is 0 Å². The number of likely N-dealkylation sites (tertiary alicyclic amines) is 2. The zero-order chi connectivity index (χ0) is 18.2. The molecule has 6 nitrogen and oxygen atoms in total. The van der Waals surface area contributed by atoms with Crippen LogP contribution >= 0.6 is 0 Å². The van der Waals surface area contributed by atoms with Crippen molar-refractivity contribution in [3.63, 3.8) is 0 Å². The number of ether oxygens (including phenoxy) is 1. The highest BCUT2D eigenvalue weighted by Gasteiger charge is 2.51. The molecule has 2 saturated heterocycles. The molecule has 140 valence electrons. The van der Waals surface area contributed by atoms with Gasteiger partial charge in [-0.05, 0) is 71.1 Å². The number of nitrogens with zero attached hydrogens (tertiary/aromatic N) is 3. The fourth-order valence-electron chi connectivity index (χ4n) is 4.81. The van der Waals surface area contributed by atoms with E-state index in [1.807, 2.05) is 0 Å². The lowest BCUT2D eigenvalue weighted by molar-refractivity contribution is -0.0883. The van der Waals surface area contributed by atoms with E-state index in [1.54, 1.807) is 4.90 Å². The molecule has 3 fully saturated rings. The highest BCUT2D eigenvalue weighted by molar-refractivity contribution is 6.13. The van der Waals surface area contributed by atoms with Gasteiger partial charge in [-0.2, -0.15) is 0 Å². The summed E-state index contributed by atoms with van der Waals surface area (Å²) in [7, 11) is 7.58. The smallest absolute Gasteiger partial charge is 0.411 e. The first-order valence-corrected chi connectivity index (χ1v) is 9.65. The summed E-state index contributed by atoms with van der Waals surface area (Å²) in [5.74, 6) is 0. The van der Waals surface area contributed by atoms with Gasteiger partial charge < -0.3 is 24.5 Å². The predicted molar refractivity (Wildman–Crippen MR) is 97.4 cm³/mol. The first-order valence-electron chi connectivity index (χ1n) is 9.65. The van der Waals surface area contributed by atoms with Crippen LogP contribution in [0.2, 0.25) is 0 Å². The van der Waals surface area contributed by atoms with Crippen molar-refractivity contribution in [1.29, 1.82) is 0 Å². The Morgan fingerprint density at radius 3 is 2.56 bits per heavy atom. The van der Waals surface area contributed by atoms with Crippen LogP contribution in [0.3, 0.4) is 0 Å². The molecule has 0 aromatic carbocycles. The molecule has 25 heavy (non-hydrogen) atoms. The molecule has 1 amide bonds. The third-order valence-corrected chi connectivity index (χ3v) is 6.47. The maximum atomic E-state index is 12.0. The number of piperidine rings is 1. The Hall–Kier alpha value is -0.785. The Morgan fingerprint density at radius 1 is 1.36 bits per heavy atom. The van der Waals surface area contributed by atoms with E-state index < -0.39 is 11.8 Å². The topological polar surface area (TPSA) is 56.3 Å². The van der Waals surface area contributed by atoms with E-state index in [2.05, 4.69) is 23.8 Å². The lowest BCUT2D eigenvalue weighted by Gasteiger charge is -2.52. The molecule has 7 heteroatoms. The van der Waals surface area contributed by atoms with Gasteiger partial charge in [0.15, 0.2) is 13.5 Å². The average molecular weight is 349 g/mol. The van der Waals surface area contributed by atoms with Crippen LogP contribution in [0.4, 0.5) is 4.79 Å². The van der Waals surface area contributed by atoms with Crippen LogP contribution in [-0.4, -0.2) is 91.3 Å². The Labute approximate surface area is 152 Å². The van der Waals surface area contributed by atoms with E-state index in [0.717, 1.165) is 25.6 Å². The number of carbonyl (C=O) groups is 1. The van der Waals surface area contributed by atoms with Gasteiger partial charge in [-0.1, -0.05) is 6.92 Å². The number of aliphatic hydroxyl groups is 1. The summed E-state index contributed by atoms with van der Waals surface area (Å²) in [5, 5.41) is 9.44. The highest BCUT2D eigenvalue weighted by Crippen LogP contribution is 2.50. The molecule has 3 aliphatic rings. The summed E-state index contributed by atoms with van der Waals surface area (Å²) >= 11 is 0. The van der Waals surface area contributed by atoms with Crippen molar-refractivity contribution in [3.05, 3.63) is 0 Å². The van der Waals surface area contributed by atoms with Gasteiger partial charge in [0.2, 0.25) is 0 Å². The largest absolute Gasteiger partial charge is 0.427 e. The minimum absolute atomic E-state index is 0.251. The van der Waals surface area contributed by atoms with Crippen molar-refractivity contribution in [1.82, 2.24) is 14.7 Å². The van der Waals surface area contributed by atoms with Gasteiger partial charge in [0.25, 0.3) is 0 Å². The first kappa shape index (κ1) is 19.0. The van der Waals surface area contributed by atoms with E-state index in [-0.39, 0.29) is 5.41 Å². The summed E-state index contributed by atoms with van der Waals surface area (Å²) < 4.78 is 4.88. The van der Waals surface area contributed by atoms with Crippen LogP contribution in [0.1, 0.15) is 46.0 Å². The Balaban J connectivity index is 1.43. The lowest BCUT2D eigenvalue weighted by atomic mass is 9.64. The van der Waals surface area contributed by atoms with E-state index >= 15 is 0 Å². The van der Waals surface area contributed by atoms with Crippen molar-refractivity contribution in [3.8, 4) is 0 Å². The highest BCUT2D eigenvalue weighted by atomic mass is 16.7. The second-order valence-electron chi connectivity index (χ2n) is 8.50. The zero-order valence-corrected chi connectivity index (χ0v) is 15.9. The molecule has 2 radical (unpaired) electrons. The van der Waals surface area contributed by atoms with Crippen LogP contribution in [-0.2, 0) is 4.74 Å². The number of hydrogen-bond acceptors (Lipinski definition) is 5. The maximum absolute atomic E-state index is 12.0.